The zero-order valence-electron chi connectivity index (χ0n) is 11.3. The first-order valence-electron chi connectivity index (χ1n) is 5.66. The van der Waals surface area contributed by atoms with Gasteiger partial charge in [0.05, 0.1) is 0 Å². The first kappa shape index (κ1) is 22.9. The van der Waals surface area contributed by atoms with E-state index >= 15 is 0 Å². The van der Waals surface area contributed by atoms with Crippen LogP contribution < -0.4 is 0 Å². The highest BCUT2D eigenvalue weighted by Gasteiger charge is 1.97. The molecule has 108 valence electrons. The molecule has 0 spiro atoms. The molecular formula is C10H24O6P2+2. The van der Waals surface area contributed by atoms with Gasteiger partial charge in [0.15, 0.2) is 0 Å². The third-order valence-corrected chi connectivity index (χ3v) is 2.21. The van der Waals surface area contributed by atoms with Crippen molar-refractivity contribution in [2.24, 2.45) is 0 Å². The van der Waals surface area contributed by atoms with E-state index in [0.717, 1.165) is 0 Å². The molecule has 0 aromatic rings. The van der Waals surface area contributed by atoms with Crippen molar-refractivity contribution >= 4 is 16.5 Å². The van der Waals surface area contributed by atoms with Gasteiger partial charge < -0.3 is 0 Å². The van der Waals surface area contributed by atoms with Crippen molar-refractivity contribution in [2.75, 3.05) is 0 Å². The van der Waals surface area contributed by atoms with E-state index in [0.29, 0.717) is 0 Å². The molecule has 0 aromatic carbocycles. The predicted molar refractivity (Wildman–Crippen MR) is 72.3 cm³/mol. The maximum atomic E-state index is 8.70. The van der Waals surface area contributed by atoms with Gasteiger partial charge in [-0.1, -0.05) is 38.8 Å². The van der Waals surface area contributed by atoms with Gasteiger partial charge in [-0.25, -0.2) is 0 Å². The van der Waals surface area contributed by atoms with E-state index in [9.17, 15) is 0 Å². The zero-order chi connectivity index (χ0) is 15.1. The molecule has 0 saturated heterocycles. The average Bonchev–Trinajstić information content (AvgIpc) is 2.24. The minimum atomic E-state index is -2.87. The van der Waals surface area contributed by atoms with Crippen LogP contribution >= 0.6 is 16.5 Å². The van der Waals surface area contributed by atoms with E-state index in [1.54, 1.807) is 11.1 Å². The molecule has 0 saturated carbocycles. The number of hydrogen-bond acceptors (Lipinski definition) is 2. The maximum Gasteiger partial charge on any atom is 0.692 e. The largest absolute Gasteiger partial charge is 0.692 e. The normalized spacial score (nSPS) is 8.22. The molecule has 0 atom stereocenters. The lowest BCUT2D eigenvalue weighted by atomic mass is 9.99. The second-order valence-corrected chi connectivity index (χ2v) is 4.14. The molecule has 8 heteroatoms. The van der Waals surface area contributed by atoms with E-state index in [1.807, 2.05) is 0 Å². The molecule has 0 aliphatic carbocycles. The summed E-state index contributed by atoms with van der Waals surface area (Å²) in [6.45, 7) is 9.02. The van der Waals surface area contributed by atoms with Crippen LogP contribution in [-0.2, 0) is 9.13 Å². The van der Waals surface area contributed by atoms with Gasteiger partial charge in [0.25, 0.3) is 0 Å². The monoisotopic (exact) mass is 302 g/mol. The maximum absolute atomic E-state index is 8.70. The molecule has 0 aliphatic heterocycles. The molecule has 0 bridgehead atoms. The summed E-state index contributed by atoms with van der Waals surface area (Å²) in [7, 11) is -5.74. The van der Waals surface area contributed by atoms with Crippen LogP contribution in [0.3, 0.4) is 0 Å². The van der Waals surface area contributed by atoms with Gasteiger partial charge >= 0.3 is 16.5 Å². The quantitative estimate of drug-likeness (QED) is 0.468. The van der Waals surface area contributed by atoms with Crippen molar-refractivity contribution in [1.29, 1.82) is 0 Å². The van der Waals surface area contributed by atoms with Crippen molar-refractivity contribution in [3.8, 4) is 0 Å². The Labute approximate surface area is 110 Å². The summed E-state index contributed by atoms with van der Waals surface area (Å²) < 4.78 is 17.4. The Balaban J connectivity index is -0.000000233. The lowest BCUT2D eigenvalue weighted by Gasteiger charge is -2.07. The molecule has 4 N–H and O–H groups in total. The SMILES string of the molecule is CCC(CC)=C(CC)CC.O=[P+](O)O.O=[P+](O)O. The fraction of sp³-hybridized carbons (Fsp3) is 0.800. The second-order valence-electron chi connectivity index (χ2n) is 3.13. The van der Waals surface area contributed by atoms with Gasteiger partial charge in [0, 0.05) is 9.13 Å². The summed E-state index contributed by atoms with van der Waals surface area (Å²) in [5, 5.41) is 0. The van der Waals surface area contributed by atoms with E-state index in [2.05, 4.69) is 27.7 Å². The minimum Gasteiger partial charge on any atom is -0.134 e. The lowest BCUT2D eigenvalue weighted by molar-refractivity contribution is 0.403. The molecule has 0 heterocycles. The van der Waals surface area contributed by atoms with Gasteiger partial charge in [-0.3, -0.25) is 0 Å². The van der Waals surface area contributed by atoms with E-state index in [-0.39, 0.29) is 0 Å². The topological polar surface area (TPSA) is 115 Å². The van der Waals surface area contributed by atoms with Gasteiger partial charge in [-0.2, -0.15) is 0 Å². The predicted octanol–water partition coefficient (Wildman–Crippen LogP) is 3.18. The zero-order valence-corrected chi connectivity index (χ0v) is 13.1. The van der Waals surface area contributed by atoms with Crippen LogP contribution in [0.1, 0.15) is 53.4 Å². The Hall–Kier alpha value is -0.220. The van der Waals surface area contributed by atoms with Gasteiger partial charge in [-0.05, 0) is 25.7 Å². The molecule has 0 unspecified atom stereocenters. The Morgan fingerprint density at radius 3 is 0.833 bits per heavy atom. The van der Waals surface area contributed by atoms with Gasteiger partial charge in [-0.15, -0.1) is 19.6 Å². The highest BCUT2D eigenvalue weighted by atomic mass is 31.1. The summed E-state index contributed by atoms with van der Waals surface area (Å²) >= 11 is 0. The van der Waals surface area contributed by atoms with Gasteiger partial charge in [0.2, 0.25) is 0 Å². The van der Waals surface area contributed by atoms with Crippen molar-refractivity contribution in [1.82, 2.24) is 0 Å². The average molecular weight is 302 g/mol. The molecule has 0 aliphatic rings. The highest BCUT2D eigenvalue weighted by Crippen LogP contribution is 2.17. The molecule has 0 rings (SSSR count). The van der Waals surface area contributed by atoms with Crippen LogP contribution in [-0.4, -0.2) is 19.6 Å². The van der Waals surface area contributed by atoms with Crippen LogP contribution in [0.15, 0.2) is 11.1 Å². The minimum absolute atomic E-state index is 1.24. The van der Waals surface area contributed by atoms with Crippen molar-refractivity contribution < 1.29 is 28.7 Å². The number of allylic oxidation sites excluding steroid dienone is 2. The molecule has 0 amide bonds. The lowest BCUT2D eigenvalue weighted by Crippen LogP contribution is -1.87. The molecule has 0 aromatic heterocycles. The first-order chi connectivity index (χ1) is 8.26. The number of hydrogen-bond donors (Lipinski definition) is 4. The summed E-state index contributed by atoms with van der Waals surface area (Å²) in [6, 6.07) is 0. The second kappa shape index (κ2) is 16.8. The smallest absolute Gasteiger partial charge is 0.134 e. The summed E-state index contributed by atoms with van der Waals surface area (Å²) in [4.78, 5) is 28.5. The van der Waals surface area contributed by atoms with Crippen LogP contribution in [0.5, 0.6) is 0 Å². The van der Waals surface area contributed by atoms with Crippen LogP contribution in [0.2, 0.25) is 0 Å². The first-order valence-corrected chi connectivity index (χ1v) is 7.99. The standard InChI is InChI=1S/C10H20.2HO3P/c1-5-9(6-2)10(7-3)8-4;2*1-4(2)3/h5-8H2,1-4H3;2*(H-,1,2,3)/p+2. The Morgan fingerprint density at radius 1 is 0.667 bits per heavy atom. The Morgan fingerprint density at radius 2 is 0.778 bits per heavy atom. The van der Waals surface area contributed by atoms with E-state index < -0.39 is 16.5 Å². The third-order valence-electron chi connectivity index (χ3n) is 2.21. The third kappa shape index (κ3) is 24.8. The van der Waals surface area contributed by atoms with Crippen LogP contribution in [0, 0.1) is 0 Å². The van der Waals surface area contributed by atoms with Crippen LogP contribution in [0.25, 0.3) is 0 Å². The number of rotatable bonds is 4. The molecule has 0 fully saturated rings. The fourth-order valence-electron chi connectivity index (χ4n) is 1.50. The van der Waals surface area contributed by atoms with Crippen LogP contribution in [0.4, 0.5) is 0 Å². The summed E-state index contributed by atoms with van der Waals surface area (Å²) in [6.07, 6.45) is 4.97. The molecule has 18 heavy (non-hydrogen) atoms. The van der Waals surface area contributed by atoms with Crippen molar-refractivity contribution in [2.45, 2.75) is 53.4 Å². The van der Waals surface area contributed by atoms with E-state index in [4.69, 9.17) is 28.7 Å². The highest BCUT2D eigenvalue weighted by molar-refractivity contribution is 7.31. The summed E-state index contributed by atoms with van der Waals surface area (Å²) in [5.41, 5.74) is 3.34. The Kier molecular flexibility index (Phi) is 21.4. The van der Waals surface area contributed by atoms with Crippen molar-refractivity contribution in [3.05, 3.63) is 11.1 Å². The summed E-state index contributed by atoms with van der Waals surface area (Å²) in [5.74, 6) is 0. The van der Waals surface area contributed by atoms with Crippen molar-refractivity contribution in [3.63, 3.8) is 0 Å². The fourth-order valence-corrected chi connectivity index (χ4v) is 1.50. The van der Waals surface area contributed by atoms with Gasteiger partial charge in [0.1, 0.15) is 0 Å². The molecular weight excluding hydrogens is 278 g/mol. The van der Waals surface area contributed by atoms with E-state index in [1.165, 1.54) is 25.7 Å². The Bertz CT molecular complexity index is 219. The molecule has 6 nitrogen and oxygen atoms in total. The molecule has 0 radical (unpaired) electrons.